The van der Waals surface area contributed by atoms with Crippen molar-refractivity contribution >= 4 is 23.7 Å². The van der Waals surface area contributed by atoms with Gasteiger partial charge in [0.15, 0.2) is 0 Å². The van der Waals surface area contributed by atoms with Crippen LogP contribution in [-0.4, -0.2) is 42.6 Å². The van der Waals surface area contributed by atoms with Crippen LogP contribution in [-0.2, 0) is 0 Å². The van der Waals surface area contributed by atoms with Crippen molar-refractivity contribution in [3.63, 3.8) is 0 Å². The third-order valence-electron chi connectivity index (χ3n) is 1.93. The Morgan fingerprint density at radius 3 is 0.923 bits per heavy atom. The van der Waals surface area contributed by atoms with E-state index >= 15 is 0 Å². The summed E-state index contributed by atoms with van der Waals surface area (Å²) in [5, 5.41) is 47.9. The number of hydrogen-bond acceptors (Lipinski definition) is 6. The van der Waals surface area contributed by atoms with Gasteiger partial charge in [0.05, 0.1) is 9.85 Å². The maximum atomic E-state index is 10.0. The van der Waals surface area contributed by atoms with Gasteiger partial charge in [0.1, 0.15) is 0 Å². The zero-order chi connectivity index (χ0) is 20.5. The van der Waals surface area contributed by atoms with E-state index in [-0.39, 0.29) is 11.4 Å². The second kappa shape index (κ2) is 14.4. The molecule has 0 saturated carbocycles. The van der Waals surface area contributed by atoms with E-state index in [0.717, 1.165) is 0 Å². The van der Waals surface area contributed by atoms with E-state index in [9.17, 15) is 20.2 Å². The molecule has 0 aliphatic heterocycles. The summed E-state index contributed by atoms with van der Waals surface area (Å²) in [6, 6.07) is 15.9. The molecule has 2 aromatic rings. The molecule has 4 N–H and O–H groups in total. The number of carboxylic acid groups (broad SMARTS) is 4. The van der Waals surface area contributed by atoms with E-state index in [1.54, 1.807) is 36.4 Å². The summed E-state index contributed by atoms with van der Waals surface area (Å²) >= 11 is 0. The molecular weight excluding hydrogens is 356 g/mol. The number of nitro benzene ring substituents is 2. The summed E-state index contributed by atoms with van der Waals surface area (Å²) in [6.45, 7) is 0. The third kappa shape index (κ3) is 17.8. The van der Waals surface area contributed by atoms with Gasteiger partial charge in [0.25, 0.3) is 11.4 Å². The SMILES string of the molecule is O=C(O)O.O=C(O)O.O=[N+]([O-])c1ccccc1.O=[N+]([O-])c1ccccc1. The average molecular weight is 370 g/mol. The van der Waals surface area contributed by atoms with Crippen LogP contribution < -0.4 is 0 Å². The van der Waals surface area contributed by atoms with Crippen molar-refractivity contribution in [2.75, 3.05) is 0 Å². The quantitative estimate of drug-likeness (QED) is 0.446. The maximum absolute atomic E-state index is 10.0. The molecule has 0 aliphatic rings. The number of non-ortho nitro benzene ring substituents is 2. The minimum atomic E-state index is -1.83. The standard InChI is InChI=1S/2C6H5NO2.2CH2O3/c2*8-7(9)6-4-2-1-3-5-6;2*2-1(3)4/h2*1-5H;2*(H2,2,3,4). The molecule has 12 heteroatoms. The van der Waals surface area contributed by atoms with Gasteiger partial charge in [-0.15, -0.1) is 0 Å². The highest BCUT2D eigenvalue weighted by Gasteiger charge is 1.99. The second-order valence-electron chi connectivity index (χ2n) is 3.75. The molecule has 140 valence electrons. The molecule has 0 fully saturated rings. The summed E-state index contributed by atoms with van der Waals surface area (Å²) in [4.78, 5) is 36.3. The Morgan fingerprint density at radius 2 is 0.808 bits per heavy atom. The van der Waals surface area contributed by atoms with Crippen molar-refractivity contribution in [1.82, 2.24) is 0 Å². The lowest BCUT2D eigenvalue weighted by Gasteiger charge is -1.85. The number of para-hydroxylation sites is 2. The predicted molar refractivity (Wildman–Crippen MR) is 87.5 cm³/mol. The lowest BCUT2D eigenvalue weighted by atomic mass is 10.3. The van der Waals surface area contributed by atoms with Crippen LogP contribution in [0.4, 0.5) is 21.0 Å². The van der Waals surface area contributed by atoms with Gasteiger partial charge in [-0.3, -0.25) is 20.2 Å². The summed E-state index contributed by atoms with van der Waals surface area (Å²) in [5.74, 6) is 0. The molecule has 0 heterocycles. The van der Waals surface area contributed by atoms with Crippen LogP contribution in [0, 0.1) is 20.2 Å². The monoisotopic (exact) mass is 370 g/mol. The van der Waals surface area contributed by atoms with E-state index in [2.05, 4.69) is 0 Å². The van der Waals surface area contributed by atoms with E-state index in [1.807, 2.05) is 0 Å². The summed E-state index contributed by atoms with van der Waals surface area (Å²) in [5.41, 5.74) is 0.273. The van der Waals surface area contributed by atoms with Crippen molar-refractivity contribution in [1.29, 1.82) is 0 Å². The highest BCUT2D eigenvalue weighted by atomic mass is 16.6. The molecule has 0 radical (unpaired) electrons. The molecular formula is C14H14N2O10. The number of hydrogen-bond donors (Lipinski definition) is 4. The van der Waals surface area contributed by atoms with E-state index in [4.69, 9.17) is 30.0 Å². The molecule has 0 aliphatic carbocycles. The minimum Gasteiger partial charge on any atom is -0.450 e. The Hall–Kier alpha value is -4.22. The van der Waals surface area contributed by atoms with Crippen LogP contribution >= 0.6 is 0 Å². The fourth-order valence-electron chi connectivity index (χ4n) is 1.10. The summed E-state index contributed by atoms with van der Waals surface area (Å²) in [6.07, 6.45) is -3.67. The third-order valence-corrected chi connectivity index (χ3v) is 1.93. The van der Waals surface area contributed by atoms with Gasteiger partial charge in [-0.1, -0.05) is 36.4 Å². The lowest BCUT2D eigenvalue weighted by Crippen LogP contribution is -1.84. The Balaban J connectivity index is 0. The number of benzene rings is 2. The van der Waals surface area contributed by atoms with Crippen molar-refractivity contribution in [3.05, 3.63) is 80.9 Å². The normalized spacial score (nSPS) is 8.00. The molecule has 0 saturated heterocycles. The zero-order valence-electron chi connectivity index (χ0n) is 12.9. The van der Waals surface area contributed by atoms with Crippen molar-refractivity contribution in [3.8, 4) is 0 Å². The van der Waals surface area contributed by atoms with Crippen LogP contribution in [0.3, 0.4) is 0 Å². The van der Waals surface area contributed by atoms with Gasteiger partial charge in [0.2, 0.25) is 0 Å². The molecule has 2 aromatic carbocycles. The topological polar surface area (TPSA) is 201 Å². The van der Waals surface area contributed by atoms with E-state index in [0.29, 0.717) is 0 Å². The van der Waals surface area contributed by atoms with Gasteiger partial charge in [-0.2, -0.15) is 0 Å². The smallest absolute Gasteiger partial charge is 0.450 e. The first-order chi connectivity index (χ1) is 12.1. The Kier molecular flexibility index (Phi) is 13.3. The maximum Gasteiger partial charge on any atom is 0.503 e. The van der Waals surface area contributed by atoms with Crippen LogP contribution in [0.2, 0.25) is 0 Å². The Bertz CT molecular complexity index is 622. The summed E-state index contributed by atoms with van der Waals surface area (Å²) in [7, 11) is 0. The zero-order valence-corrected chi connectivity index (χ0v) is 12.9. The second-order valence-corrected chi connectivity index (χ2v) is 3.75. The largest absolute Gasteiger partial charge is 0.503 e. The Morgan fingerprint density at radius 1 is 0.615 bits per heavy atom. The molecule has 26 heavy (non-hydrogen) atoms. The Labute approximate surface area is 145 Å². The molecule has 0 spiro atoms. The van der Waals surface area contributed by atoms with Crippen LogP contribution in [0.5, 0.6) is 0 Å². The van der Waals surface area contributed by atoms with Crippen molar-refractivity contribution in [2.24, 2.45) is 0 Å². The molecule has 0 unspecified atom stereocenters. The first-order valence-electron chi connectivity index (χ1n) is 6.30. The predicted octanol–water partition coefficient (Wildman–Crippen LogP) is 3.63. The van der Waals surface area contributed by atoms with Crippen LogP contribution in [0.15, 0.2) is 60.7 Å². The molecule has 0 amide bonds. The average Bonchev–Trinajstić information content (AvgIpc) is 2.56. The van der Waals surface area contributed by atoms with Crippen molar-refractivity contribution in [2.45, 2.75) is 0 Å². The van der Waals surface area contributed by atoms with Crippen LogP contribution in [0.1, 0.15) is 0 Å². The molecule has 0 atom stereocenters. The van der Waals surface area contributed by atoms with Crippen molar-refractivity contribution < 1.29 is 39.9 Å². The van der Waals surface area contributed by atoms with Gasteiger partial charge in [-0.25, -0.2) is 9.59 Å². The fraction of sp³-hybridized carbons (Fsp3) is 0. The number of nitro groups is 2. The first kappa shape index (κ1) is 24.0. The molecule has 0 aromatic heterocycles. The highest BCUT2D eigenvalue weighted by Crippen LogP contribution is 2.07. The van der Waals surface area contributed by atoms with Gasteiger partial charge < -0.3 is 20.4 Å². The number of rotatable bonds is 2. The number of nitrogens with zero attached hydrogens (tertiary/aromatic N) is 2. The van der Waals surface area contributed by atoms with Crippen LogP contribution in [0.25, 0.3) is 0 Å². The number of carbonyl (C=O) groups is 2. The fourth-order valence-corrected chi connectivity index (χ4v) is 1.10. The molecule has 0 bridgehead atoms. The van der Waals surface area contributed by atoms with E-state index in [1.165, 1.54) is 24.3 Å². The van der Waals surface area contributed by atoms with E-state index < -0.39 is 22.2 Å². The molecule has 2 rings (SSSR count). The van der Waals surface area contributed by atoms with Gasteiger partial charge >= 0.3 is 12.3 Å². The minimum absolute atomic E-state index is 0.137. The van der Waals surface area contributed by atoms with Gasteiger partial charge in [0, 0.05) is 24.3 Å². The van der Waals surface area contributed by atoms with Gasteiger partial charge in [-0.05, 0) is 0 Å². The molecule has 12 nitrogen and oxygen atoms in total. The lowest BCUT2D eigenvalue weighted by molar-refractivity contribution is -0.385. The first-order valence-corrected chi connectivity index (χ1v) is 6.30. The highest BCUT2D eigenvalue weighted by molar-refractivity contribution is 5.53. The summed E-state index contributed by atoms with van der Waals surface area (Å²) < 4.78 is 0.